The Morgan fingerprint density at radius 2 is 1.69 bits per heavy atom. The van der Waals surface area contributed by atoms with Crippen LogP contribution in [0.1, 0.15) is 11.6 Å². The zero-order chi connectivity index (χ0) is 18.4. The Morgan fingerprint density at radius 3 is 2.31 bits per heavy atom. The van der Waals surface area contributed by atoms with E-state index in [4.69, 9.17) is 0 Å². The molecule has 3 amide bonds. The van der Waals surface area contributed by atoms with E-state index in [9.17, 15) is 14.4 Å². The van der Waals surface area contributed by atoms with Crippen molar-refractivity contribution in [2.75, 3.05) is 23.5 Å². The third-order valence-corrected chi connectivity index (χ3v) is 4.85. The van der Waals surface area contributed by atoms with Crippen molar-refractivity contribution in [3.63, 3.8) is 0 Å². The predicted molar refractivity (Wildman–Crippen MR) is 101 cm³/mol. The summed E-state index contributed by atoms with van der Waals surface area (Å²) in [5, 5.41) is 5.56. The van der Waals surface area contributed by atoms with Gasteiger partial charge < -0.3 is 15.5 Å². The normalized spacial score (nSPS) is 14.8. The number of nitrogens with one attached hydrogen (secondary N) is 2. The number of para-hydroxylation sites is 1. The summed E-state index contributed by atoms with van der Waals surface area (Å²) in [4.78, 5) is 38.3. The number of anilines is 1. The third-order valence-electron chi connectivity index (χ3n) is 3.90. The standard InChI is InChI=1S/C19H19N3O3S/c23-16(11-22-13-26-12-17(22)24)21-18(14-7-3-1-4-8-14)19(25)20-15-9-5-2-6-10-15/h1-10,18H,11-13H2,(H,20,25)(H,21,23). The van der Waals surface area contributed by atoms with Gasteiger partial charge in [0.15, 0.2) is 0 Å². The smallest absolute Gasteiger partial charge is 0.251 e. The summed E-state index contributed by atoms with van der Waals surface area (Å²) in [5.41, 5.74) is 1.33. The molecule has 0 saturated carbocycles. The molecule has 1 aliphatic rings. The molecular weight excluding hydrogens is 350 g/mol. The molecule has 1 unspecified atom stereocenters. The first kappa shape index (κ1) is 18.0. The average molecular weight is 369 g/mol. The number of nitrogens with zero attached hydrogens (tertiary/aromatic N) is 1. The van der Waals surface area contributed by atoms with E-state index < -0.39 is 6.04 Å². The van der Waals surface area contributed by atoms with Gasteiger partial charge in [-0.25, -0.2) is 0 Å². The van der Waals surface area contributed by atoms with Crippen molar-refractivity contribution in [2.24, 2.45) is 0 Å². The molecule has 3 rings (SSSR count). The first-order valence-corrected chi connectivity index (χ1v) is 9.34. The number of hydrogen-bond donors (Lipinski definition) is 2. The molecule has 0 radical (unpaired) electrons. The van der Waals surface area contributed by atoms with Crippen LogP contribution >= 0.6 is 11.8 Å². The van der Waals surface area contributed by atoms with Crippen LogP contribution in [0.3, 0.4) is 0 Å². The van der Waals surface area contributed by atoms with E-state index in [-0.39, 0.29) is 24.3 Å². The molecular formula is C19H19N3O3S. The molecule has 2 aromatic rings. The highest BCUT2D eigenvalue weighted by Gasteiger charge is 2.27. The lowest BCUT2D eigenvalue weighted by atomic mass is 10.1. The second-order valence-electron chi connectivity index (χ2n) is 5.84. The van der Waals surface area contributed by atoms with E-state index in [1.165, 1.54) is 16.7 Å². The van der Waals surface area contributed by atoms with E-state index >= 15 is 0 Å². The van der Waals surface area contributed by atoms with E-state index in [1.54, 1.807) is 24.3 Å². The van der Waals surface area contributed by atoms with Crippen molar-refractivity contribution in [3.8, 4) is 0 Å². The minimum absolute atomic E-state index is 0.0478. The molecule has 0 aliphatic carbocycles. The van der Waals surface area contributed by atoms with Gasteiger partial charge in [0.05, 0.1) is 11.6 Å². The Kier molecular flexibility index (Phi) is 5.91. The second-order valence-corrected chi connectivity index (χ2v) is 6.79. The lowest BCUT2D eigenvalue weighted by molar-refractivity contribution is -0.133. The summed E-state index contributed by atoms with van der Waals surface area (Å²) in [6.07, 6.45) is 0. The molecule has 7 heteroatoms. The van der Waals surface area contributed by atoms with Gasteiger partial charge in [-0.05, 0) is 17.7 Å². The van der Waals surface area contributed by atoms with Gasteiger partial charge in [-0.1, -0.05) is 48.5 Å². The number of rotatable bonds is 6. The van der Waals surface area contributed by atoms with Gasteiger partial charge in [-0.3, -0.25) is 14.4 Å². The molecule has 134 valence electrons. The number of carbonyl (C=O) groups is 3. The first-order valence-electron chi connectivity index (χ1n) is 8.19. The van der Waals surface area contributed by atoms with Gasteiger partial charge in [0, 0.05) is 5.69 Å². The van der Waals surface area contributed by atoms with E-state index in [0.29, 0.717) is 22.9 Å². The molecule has 2 N–H and O–H groups in total. The van der Waals surface area contributed by atoms with Crippen LogP contribution in [0.25, 0.3) is 0 Å². The molecule has 6 nitrogen and oxygen atoms in total. The highest BCUT2D eigenvalue weighted by atomic mass is 32.2. The largest absolute Gasteiger partial charge is 0.339 e. The van der Waals surface area contributed by atoms with Crippen molar-refractivity contribution < 1.29 is 14.4 Å². The lowest BCUT2D eigenvalue weighted by Crippen LogP contribution is -2.43. The maximum absolute atomic E-state index is 12.7. The van der Waals surface area contributed by atoms with Crippen molar-refractivity contribution in [3.05, 3.63) is 66.2 Å². The van der Waals surface area contributed by atoms with Crippen LogP contribution in [-0.4, -0.2) is 40.8 Å². The van der Waals surface area contributed by atoms with Crippen LogP contribution < -0.4 is 10.6 Å². The highest BCUT2D eigenvalue weighted by Crippen LogP contribution is 2.17. The predicted octanol–water partition coefficient (Wildman–Crippen LogP) is 2.02. The molecule has 0 spiro atoms. The van der Waals surface area contributed by atoms with Crippen molar-refractivity contribution in [1.82, 2.24) is 10.2 Å². The topological polar surface area (TPSA) is 78.5 Å². The number of thioether (sulfide) groups is 1. The van der Waals surface area contributed by atoms with Gasteiger partial charge >= 0.3 is 0 Å². The first-order chi connectivity index (χ1) is 12.6. The number of benzene rings is 2. The van der Waals surface area contributed by atoms with Gasteiger partial charge in [-0.2, -0.15) is 0 Å². The zero-order valence-corrected chi connectivity index (χ0v) is 14.9. The summed E-state index contributed by atoms with van der Waals surface area (Å²) in [6, 6.07) is 17.3. The molecule has 0 bridgehead atoms. The number of carbonyl (C=O) groups excluding carboxylic acids is 3. The quantitative estimate of drug-likeness (QED) is 0.817. The Bertz CT molecular complexity index is 783. The van der Waals surface area contributed by atoms with Gasteiger partial charge in [0.2, 0.25) is 11.8 Å². The second kappa shape index (κ2) is 8.53. The summed E-state index contributed by atoms with van der Waals surface area (Å²) in [6.45, 7) is -0.0478. The minimum Gasteiger partial charge on any atom is -0.339 e. The zero-order valence-electron chi connectivity index (χ0n) is 14.1. The summed E-state index contributed by atoms with van der Waals surface area (Å²) < 4.78 is 0. The van der Waals surface area contributed by atoms with Crippen LogP contribution in [0.2, 0.25) is 0 Å². The molecule has 1 atom stereocenters. The Balaban J connectivity index is 1.72. The minimum atomic E-state index is -0.839. The molecule has 1 aliphatic heterocycles. The van der Waals surface area contributed by atoms with Crippen molar-refractivity contribution in [2.45, 2.75) is 6.04 Å². The number of amides is 3. The van der Waals surface area contributed by atoms with Crippen LogP contribution in [0.4, 0.5) is 5.69 Å². The SMILES string of the molecule is O=C(CN1CSCC1=O)NC(C(=O)Nc1ccccc1)c1ccccc1. The van der Waals surface area contributed by atoms with Crippen LogP contribution in [0.5, 0.6) is 0 Å². The molecule has 2 aromatic carbocycles. The summed E-state index contributed by atoms with van der Waals surface area (Å²) >= 11 is 1.47. The maximum Gasteiger partial charge on any atom is 0.251 e. The molecule has 1 heterocycles. The van der Waals surface area contributed by atoms with Gasteiger partial charge in [0.1, 0.15) is 12.6 Å². The van der Waals surface area contributed by atoms with Gasteiger partial charge in [-0.15, -0.1) is 11.8 Å². The molecule has 26 heavy (non-hydrogen) atoms. The van der Waals surface area contributed by atoms with Crippen molar-refractivity contribution in [1.29, 1.82) is 0 Å². The molecule has 1 saturated heterocycles. The van der Waals surface area contributed by atoms with E-state index in [0.717, 1.165) is 0 Å². The average Bonchev–Trinajstić information content (AvgIpc) is 3.06. The van der Waals surface area contributed by atoms with Crippen molar-refractivity contribution >= 4 is 35.2 Å². The summed E-state index contributed by atoms with van der Waals surface area (Å²) in [5.74, 6) is 0.133. The maximum atomic E-state index is 12.7. The Labute approximate surface area is 156 Å². The Hall–Kier alpha value is -2.80. The van der Waals surface area contributed by atoms with Crippen LogP contribution in [0, 0.1) is 0 Å². The third kappa shape index (κ3) is 4.64. The number of hydrogen-bond acceptors (Lipinski definition) is 4. The summed E-state index contributed by atoms with van der Waals surface area (Å²) in [7, 11) is 0. The van der Waals surface area contributed by atoms with Crippen LogP contribution in [-0.2, 0) is 14.4 Å². The Morgan fingerprint density at radius 1 is 1.04 bits per heavy atom. The van der Waals surface area contributed by atoms with Gasteiger partial charge in [0.25, 0.3) is 5.91 Å². The fourth-order valence-electron chi connectivity index (χ4n) is 2.60. The fraction of sp³-hybridized carbons (Fsp3) is 0.211. The molecule has 0 aromatic heterocycles. The highest BCUT2D eigenvalue weighted by molar-refractivity contribution is 8.00. The monoisotopic (exact) mass is 369 g/mol. The fourth-order valence-corrected chi connectivity index (χ4v) is 3.51. The molecule has 1 fully saturated rings. The van der Waals surface area contributed by atoms with Crippen LogP contribution in [0.15, 0.2) is 60.7 Å². The van der Waals surface area contributed by atoms with E-state index in [1.807, 2.05) is 36.4 Å². The lowest BCUT2D eigenvalue weighted by Gasteiger charge is -2.21. The van der Waals surface area contributed by atoms with E-state index in [2.05, 4.69) is 10.6 Å².